The SMILES string of the molecule is CCNC(=NCc1ccnc(Oc2ccc(OCC)cc2)c1)N1CCC2(CCOC2)C1. The summed E-state index contributed by atoms with van der Waals surface area (Å²) in [4.78, 5) is 11.6. The highest BCUT2D eigenvalue weighted by Crippen LogP contribution is 2.38. The molecule has 31 heavy (non-hydrogen) atoms. The van der Waals surface area contributed by atoms with Gasteiger partial charge in [-0.05, 0) is 62.6 Å². The van der Waals surface area contributed by atoms with Crippen LogP contribution in [-0.4, -0.2) is 55.3 Å². The quantitative estimate of drug-likeness (QED) is 0.538. The fourth-order valence-corrected chi connectivity index (χ4v) is 4.18. The first kappa shape index (κ1) is 21.4. The van der Waals surface area contributed by atoms with Crippen molar-refractivity contribution in [2.45, 2.75) is 33.2 Å². The molecule has 2 saturated heterocycles. The number of hydrogen-bond acceptors (Lipinski definition) is 5. The Morgan fingerprint density at radius 3 is 2.77 bits per heavy atom. The number of benzene rings is 1. The molecule has 1 unspecified atom stereocenters. The predicted octanol–water partition coefficient (Wildman–Crippen LogP) is 3.85. The van der Waals surface area contributed by atoms with Gasteiger partial charge in [-0.1, -0.05) is 0 Å². The van der Waals surface area contributed by atoms with Crippen LogP contribution in [0.1, 0.15) is 32.3 Å². The summed E-state index contributed by atoms with van der Waals surface area (Å²) in [5.41, 5.74) is 1.37. The number of aromatic nitrogens is 1. The van der Waals surface area contributed by atoms with E-state index >= 15 is 0 Å². The van der Waals surface area contributed by atoms with Crippen molar-refractivity contribution in [3.8, 4) is 17.4 Å². The molecule has 2 fully saturated rings. The second-order valence-corrected chi connectivity index (χ2v) is 8.15. The Bertz CT molecular complexity index is 879. The molecular formula is C24H32N4O3. The van der Waals surface area contributed by atoms with E-state index in [1.54, 1.807) is 6.20 Å². The molecule has 0 radical (unpaired) electrons. The Kier molecular flexibility index (Phi) is 6.92. The van der Waals surface area contributed by atoms with Gasteiger partial charge in [0, 0.05) is 43.9 Å². The van der Waals surface area contributed by atoms with E-state index in [2.05, 4.69) is 22.1 Å². The molecule has 0 aliphatic carbocycles. The lowest BCUT2D eigenvalue weighted by Crippen LogP contribution is -2.41. The first-order chi connectivity index (χ1) is 15.2. The molecule has 0 saturated carbocycles. The molecule has 1 aromatic heterocycles. The fourth-order valence-electron chi connectivity index (χ4n) is 4.18. The number of likely N-dealkylation sites (tertiary alicyclic amines) is 1. The van der Waals surface area contributed by atoms with Crippen LogP contribution in [-0.2, 0) is 11.3 Å². The Hall–Kier alpha value is -2.80. The molecule has 2 aliphatic heterocycles. The molecule has 1 spiro atoms. The lowest BCUT2D eigenvalue weighted by molar-refractivity contribution is 0.156. The van der Waals surface area contributed by atoms with E-state index in [4.69, 9.17) is 19.2 Å². The highest BCUT2D eigenvalue weighted by Gasteiger charge is 2.42. The van der Waals surface area contributed by atoms with Crippen molar-refractivity contribution in [2.24, 2.45) is 10.4 Å². The topological polar surface area (TPSA) is 68.2 Å². The number of nitrogens with one attached hydrogen (secondary N) is 1. The summed E-state index contributed by atoms with van der Waals surface area (Å²) in [6.45, 7) is 9.94. The van der Waals surface area contributed by atoms with Crippen LogP contribution in [0.25, 0.3) is 0 Å². The number of hydrogen-bond donors (Lipinski definition) is 1. The number of ether oxygens (including phenoxy) is 3. The summed E-state index contributed by atoms with van der Waals surface area (Å²) in [5, 5.41) is 3.45. The van der Waals surface area contributed by atoms with Gasteiger partial charge < -0.3 is 24.4 Å². The minimum absolute atomic E-state index is 0.311. The minimum Gasteiger partial charge on any atom is -0.494 e. The molecule has 7 nitrogen and oxygen atoms in total. The minimum atomic E-state index is 0.311. The van der Waals surface area contributed by atoms with Gasteiger partial charge in [-0.25, -0.2) is 9.98 Å². The van der Waals surface area contributed by atoms with Crippen molar-refractivity contribution in [3.63, 3.8) is 0 Å². The molecule has 2 aliphatic rings. The van der Waals surface area contributed by atoms with Gasteiger partial charge in [-0.15, -0.1) is 0 Å². The number of rotatable bonds is 7. The monoisotopic (exact) mass is 424 g/mol. The van der Waals surface area contributed by atoms with Crippen LogP contribution >= 0.6 is 0 Å². The lowest BCUT2D eigenvalue weighted by Gasteiger charge is -2.25. The first-order valence-corrected chi connectivity index (χ1v) is 11.2. The summed E-state index contributed by atoms with van der Waals surface area (Å²) >= 11 is 0. The fraction of sp³-hybridized carbons (Fsp3) is 0.500. The first-order valence-electron chi connectivity index (χ1n) is 11.2. The maximum Gasteiger partial charge on any atom is 0.219 e. The smallest absolute Gasteiger partial charge is 0.219 e. The van der Waals surface area contributed by atoms with E-state index in [9.17, 15) is 0 Å². The summed E-state index contributed by atoms with van der Waals surface area (Å²) < 4.78 is 17.1. The van der Waals surface area contributed by atoms with Crippen LogP contribution in [0.4, 0.5) is 0 Å². The molecule has 4 rings (SSSR count). The maximum absolute atomic E-state index is 5.91. The molecule has 1 aromatic carbocycles. The molecule has 0 bridgehead atoms. The summed E-state index contributed by atoms with van der Waals surface area (Å²) in [6.07, 6.45) is 4.09. The average molecular weight is 425 g/mol. The van der Waals surface area contributed by atoms with E-state index in [1.807, 2.05) is 43.3 Å². The third-order valence-electron chi connectivity index (χ3n) is 5.83. The van der Waals surface area contributed by atoms with Crippen LogP contribution in [0, 0.1) is 5.41 Å². The van der Waals surface area contributed by atoms with E-state index in [-0.39, 0.29) is 0 Å². The third kappa shape index (κ3) is 5.47. The van der Waals surface area contributed by atoms with Crippen LogP contribution in [0.5, 0.6) is 17.4 Å². The number of pyridine rings is 1. The predicted molar refractivity (Wildman–Crippen MR) is 121 cm³/mol. The second kappa shape index (κ2) is 10.0. The van der Waals surface area contributed by atoms with Gasteiger partial charge in [0.1, 0.15) is 11.5 Å². The van der Waals surface area contributed by atoms with Crippen molar-refractivity contribution in [1.29, 1.82) is 0 Å². The number of aliphatic imine (C=N–C) groups is 1. The zero-order valence-corrected chi connectivity index (χ0v) is 18.5. The van der Waals surface area contributed by atoms with Gasteiger partial charge in [0.05, 0.1) is 19.8 Å². The summed E-state index contributed by atoms with van der Waals surface area (Å²) in [5.74, 6) is 3.09. The Labute approximate surface area is 184 Å². The second-order valence-electron chi connectivity index (χ2n) is 8.15. The van der Waals surface area contributed by atoms with E-state index in [1.165, 1.54) is 6.42 Å². The van der Waals surface area contributed by atoms with Gasteiger partial charge in [0.2, 0.25) is 5.88 Å². The molecule has 3 heterocycles. The van der Waals surface area contributed by atoms with Crippen molar-refractivity contribution in [3.05, 3.63) is 48.2 Å². The van der Waals surface area contributed by atoms with Gasteiger partial charge >= 0.3 is 0 Å². The molecule has 166 valence electrons. The zero-order valence-electron chi connectivity index (χ0n) is 18.5. The average Bonchev–Trinajstić information content (AvgIpc) is 3.43. The van der Waals surface area contributed by atoms with Crippen LogP contribution in [0.3, 0.4) is 0 Å². The van der Waals surface area contributed by atoms with Gasteiger partial charge in [0.25, 0.3) is 0 Å². The van der Waals surface area contributed by atoms with Crippen molar-refractivity contribution in [1.82, 2.24) is 15.2 Å². The number of nitrogens with zero attached hydrogens (tertiary/aromatic N) is 3. The Morgan fingerprint density at radius 1 is 1.19 bits per heavy atom. The molecular weight excluding hydrogens is 392 g/mol. The van der Waals surface area contributed by atoms with Crippen molar-refractivity contribution in [2.75, 3.05) is 39.5 Å². The number of guanidine groups is 1. The van der Waals surface area contributed by atoms with Gasteiger partial charge in [-0.3, -0.25) is 0 Å². The van der Waals surface area contributed by atoms with Crippen LogP contribution in [0.2, 0.25) is 0 Å². The molecule has 2 aromatic rings. The van der Waals surface area contributed by atoms with E-state index in [0.717, 1.165) is 62.3 Å². The van der Waals surface area contributed by atoms with Crippen molar-refractivity contribution >= 4 is 5.96 Å². The largest absolute Gasteiger partial charge is 0.494 e. The molecule has 1 N–H and O–H groups in total. The molecule has 1 atom stereocenters. The normalized spacial score (nSPS) is 21.0. The summed E-state index contributed by atoms with van der Waals surface area (Å²) in [7, 11) is 0. The van der Waals surface area contributed by atoms with Gasteiger partial charge in [0.15, 0.2) is 5.96 Å². The zero-order chi connectivity index (χ0) is 21.5. The maximum atomic E-state index is 5.91. The lowest BCUT2D eigenvalue weighted by atomic mass is 9.87. The standard InChI is InChI=1S/C24H32N4O3/c1-3-25-23(28-13-10-24(17-28)11-14-29-18-24)27-16-19-9-12-26-22(15-19)31-21-7-5-20(6-8-21)30-4-2/h5-9,12,15H,3-4,10-11,13-14,16-18H2,1-2H3,(H,25,27). The molecule has 7 heteroatoms. The Morgan fingerprint density at radius 2 is 2.03 bits per heavy atom. The van der Waals surface area contributed by atoms with Crippen LogP contribution in [0.15, 0.2) is 47.6 Å². The molecule has 0 amide bonds. The van der Waals surface area contributed by atoms with Gasteiger partial charge in [-0.2, -0.15) is 0 Å². The van der Waals surface area contributed by atoms with Crippen molar-refractivity contribution < 1.29 is 14.2 Å². The Balaban J connectivity index is 1.40. The highest BCUT2D eigenvalue weighted by atomic mass is 16.5. The third-order valence-corrected chi connectivity index (χ3v) is 5.83. The van der Waals surface area contributed by atoms with E-state index < -0.39 is 0 Å². The highest BCUT2D eigenvalue weighted by molar-refractivity contribution is 5.80. The van der Waals surface area contributed by atoms with E-state index in [0.29, 0.717) is 24.4 Å². The summed E-state index contributed by atoms with van der Waals surface area (Å²) in [6, 6.07) is 11.5. The van der Waals surface area contributed by atoms with Crippen LogP contribution < -0.4 is 14.8 Å².